The molecule has 1 aliphatic heterocycles. The van der Waals surface area contributed by atoms with Gasteiger partial charge in [-0.3, -0.25) is 4.79 Å². The Bertz CT molecular complexity index is 812. The smallest absolute Gasteiger partial charge is 0.225 e. The molecule has 3 rings (SSSR count). The van der Waals surface area contributed by atoms with E-state index in [0.717, 1.165) is 44.6 Å². The van der Waals surface area contributed by atoms with Gasteiger partial charge in [-0.2, -0.15) is 16.9 Å². The first-order valence-corrected chi connectivity index (χ1v) is 12.8. The molecular weight excluding hydrogens is 404 g/mol. The monoisotopic (exact) mass is 442 g/mol. The quantitative estimate of drug-likeness (QED) is 0.535. The first-order chi connectivity index (χ1) is 14.9. The third-order valence-electron chi connectivity index (χ3n) is 6.46. The summed E-state index contributed by atoms with van der Waals surface area (Å²) < 4.78 is 2.35. The zero-order chi connectivity index (χ0) is 22.3. The van der Waals surface area contributed by atoms with Gasteiger partial charge in [-0.05, 0) is 50.8 Å². The van der Waals surface area contributed by atoms with Gasteiger partial charge in [-0.1, -0.05) is 44.2 Å². The van der Waals surface area contributed by atoms with E-state index < -0.39 is 0 Å². The van der Waals surface area contributed by atoms with Gasteiger partial charge in [-0.25, -0.2) is 4.68 Å². The standard InChI is InChI=1S/C25H38N4OS/c1-20(19-25(2,3)31-4)28-17-14-22(15-18-28)29-23(13-16-26-29)27-24(30)12-8-11-21-9-6-5-7-10-21/h5-7,9-10,13,16,20,22H,8,11-12,14-15,17-19H2,1-4H3,(H,27,30). The molecule has 1 atom stereocenters. The lowest BCUT2D eigenvalue weighted by molar-refractivity contribution is -0.116. The van der Waals surface area contributed by atoms with Crippen molar-refractivity contribution in [1.29, 1.82) is 0 Å². The number of aromatic nitrogens is 2. The van der Waals surface area contributed by atoms with Crippen molar-refractivity contribution in [2.75, 3.05) is 24.7 Å². The third-order valence-corrected chi connectivity index (χ3v) is 7.73. The minimum atomic E-state index is 0.0723. The lowest BCUT2D eigenvalue weighted by atomic mass is 9.98. The van der Waals surface area contributed by atoms with Crippen LogP contribution in [0.4, 0.5) is 5.82 Å². The van der Waals surface area contributed by atoms with Crippen LogP contribution in [0.3, 0.4) is 0 Å². The molecule has 2 heterocycles. The Labute approximate surface area is 192 Å². The minimum absolute atomic E-state index is 0.0723. The van der Waals surface area contributed by atoms with Crippen molar-refractivity contribution < 1.29 is 4.79 Å². The SMILES string of the molecule is CSC(C)(C)CC(C)N1CCC(n2nccc2NC(=O)CCCc2ccccc2)CC1. The number of piperidine rings is 1. The third kappa shape index (κ3) is 7.11. The number of likely N-dealkylation sites (tertiary alicyclic amines) is 1. The zero-order valence-electron chi connectivity index (χ0n) is 19.5. The Morgan fingerprint density at radius 1 is 1.23 bits per heavy atom. The normalized spacial score (nSPS) is 16.9. The largest absolute Gasteiger partial charge is 0.311 e. The van der Waals surface area contributed by atoms with Crippen molar-refractivity contribution in [2.45, 2.75) is 76.1 Å². The van der Waals surface area contributed by atoms with Crippen LogP contribution in [-0.2, 0) is 11.2 Å². The molecule has 170 valence electrons. The predicted molar refractivity (Wildman–Crippen MR) is 132 cm³/mol. The number of carbonyl (C=O) groups is 1. The molecule has 1 amide bonds. The molecule has 1 saturated heterocycles. The average Bonchev–Trinajstić information content (AvgIpc) is 3.22. The van der Waals surface area contributed by atoms with E-state index in [4.69, 9.17) is 0 Å². The van der Waals surface area contributed by atoms with Crippen molar-refractivity contribution in [3.63, 3.8) is 0 Å². The molecule has 6 heteroatoms. The van der Waals surface area contributed by atoms with Gasteiger partial charge in [0.25, 0.3) is 0 Å². The van der Waals surface area contributed by atoms with Gasteiger partial charge < -0.3 is 10.2 Å². The van der Waals surface area contributed by atoms with Gasteiger partial charge in [0.2, 0.25) is 5.91 Å². The maximum Gasteiger partial charge on any atom is 0.225 e. The van der Waals surface area contributed by atoms with Crippen LogP contribution in [0, 0.1) is 0 Å². The topological polar surface area (TPSA) is 50.2 Å². The molecule has 1 unspecified atom stereocenters. The second-order valence-corrected chi connectivity index (χ2v) is 10.8. The Hall–Kier alpha value is -1.79. The Kier molecular flexibility index (Phi) is 8.61. The van der Waals surface area contributed by atoms with Crippen molar-refractivity contribution in [3.05, 3.63) is 48.2 Å². The number of aryl methyl sites for hydroxylation is 1. The van der Waals surface area contributed by atoms with Crippen molar-refractivity contribution in [1.82, 2.24) is 14.7 Å². The van der Waals surface area contributed by atoms with E-state index in [9.17, 15) is 4.79 Å². The van der Waals surface area contributed by atoms with Crippen LogP contribution < -0.4 is 5.32 Å². The van der Waals surface area contributed by atoms with E-state index in [-0.39, 0.29) is 5.91 Å². The molecule has 0 aliphatic carbocycles. The van der Waals surface area contributed by atoms with Gasteiger partial charge in [0.05, 0.1) is 12.2 Å². The van der Waals surface area contributed by atoms with E-state index >= 15 is 0 Å². The molecule has 1 aromatic carbocycles. The summed E-state index contributed by atoms with van der Waals surface area (Å²) in [6, 6.07) is 13.2. The van der Waals surface area contributed by atoms with Gasteiger partial charge in [0, 0.05) is 36.4 Å². The summed E-state index contributed by atoms with van der Waals surface area (Å²) in [6.07, 6.45) is 9.66. The number of thioether (sulfide) groups is 1. The molecule has 31 heavy (non-hydrogen) atoms. The summed E-state index contributed by atoms with van der Waals surface area (Å²) >= 11 is 1.95. The van der Waals surface area contributed by atoms with Gasteiger partial charge >= 0.3 is 0 Å². The Balaban J connectivity index is 1.46. The highest BCUT2D eigenvalue weighted by Crippen LogP contribution is 2.31. The summed E-state index contributed by atoms with van der Waals surface area (Å²) in [5, 5.41) is 7.64. The molecule has 0 spiro atoms. The van der Waals surface area contributed by atoms with E-state index in [2.05, 4.69) is 54.5 Å². The first kappa shape index (κ1) is 23.9. The maximum absolute atomic E-state index is 12.5. The minimum Gasteiger partial charge on any atom is -0.311 e. The number of nitrogens with one attached hydrogen (secondary N) is 1. The summed E-state index contributed by atoms with van der Waals surface area (Å²) in [6.45, 7) is 9.19. The summed E-state index contributed by atoms with van der Waals surface area (Å²) in [4.78, 5) is 15.1. The second kappa shape index (κ2) is 11.2. The molecule has 0 bridgehead atoms. The molecule has 5 nitrogen and oxygen atoms in total. The highest BCUT2D eigenvalue weighted by Gasteiger charge is 2.28. The Morgan fingerprint density at radius 3 is 2.61 bits per heavy atom. The lowest BCUT2D eigenvalue weighted by Crippen LogP contribution is -2.43. The lowest BCUT2D eigenvalue weighted by Gasteiger charge is -2.39. The fraction of sp³-hybridized carbons (Fsp3) is 0.600. The van der Waals surface area contributed by atoms with Crippen molar-refractivity contribution in [3.8, 4) is 0 Å². The average molecular weight is 443 g/mol. The van der Waals surface area contributed by atoms with Crippen LogP contribution in [0.1, 0.15) is 64.5 Å². The van der Waals surface area contributed by atoms with Crippen molar-refractivity contribution in [2.24, 2.45) is 0 Å². The molecule has 0 saturated carbocycles. The number of carbonyl (C=O) groups excluding carboxylic acids is 1. The fourth-order valence-corrected chi connectivity index (χ4v) is 4.91. The van der Waals surface area contributed by atoms with Crippen LogP contribution in [0.15, 0.2) is 42.6 Å². The van der Waals surface area contributed by atoms with E-state index in [0.29, 0.717) is 23.3 Å². The highest BCUT2D eigenvalue weighted by molar-refractivity contribution is 7.99. The summed E-state index contributed by atoms with van der Waals surface area (Å²) in [5.41, 5.74) is 1.28. The number of rotatable bonds is 10. The van der Waals surface area contributed by atoms with E-state index in [1.807, 2.05) is 40.7 Å². The molecule has 1 fully saturated rings. The number of hydrogen-bond acceptors (Lipinski definition) is 4. The molecule has 1 aliphatic rings. The number of amides is 1. The molecule has 1 aromatic heterocycles. The molecule has 2 aromatic rings. The van der Waals surface area contributed by atoms with Crippen LogP contribution in [0.5, 0.6) is 0 Å². The first-order valence-electron chi connectivity index (χ1n) is 11.5. The predicted octanol–water partition coefficient (Wildman–Crippen LogP) is 5.40. The molecule has 1 N–H and O–H groups in total. The van der Waals surface area contributed by atoms with Crippen LogP contribution in [0.2, 0.25) is 0 Å². The zero-order valence-corrected chi connectivity index (χ0v) is 20.3. The number of nitrogens with zero attached hydrogens (tertiary/aromatic N) is 3. The van der Waals surface area contributed by atoms with E-state index in [1.54, 1.807) is 6.20 Å². The summed E-state index contributed by atoms with van der Waals surface area (Å²) in [5.74, 6) is 0.905. The molecule has 0 radical (unpaired) electrons. The number of benzene rings is 1. The van der Waals surface area contributed by atoms with Crippen molar-refractivity contribution >= 4 is 23.5 Å². The number of anilines is 1. The van der Waals surface area contributed by atoms with Gasteiger partial charge in [0.15, 0.2) is 0 Å². The van der Waals surface area contributed by atoms with Gasteiger partial charge in [0.1, 0.15) is 5.82 Å². The second-order valence-electron chi connectivity index (χ2n) is 9.33. The van der Waals surface area contributed by atoms with Crippen LogP contribution >= 0.6 is 11.8 Å². The van der Waals surface area contributed by atoms with Crippen LogP contribution in [0.25, 0.3) is 0 Å². The fourth-order valence-electron chi connectivity index (χ4n) is 4.50. The highest BCUT2D eigenvalue weighted by atomic mass is 32.2. The number of hydrogen-bond donors (Lipinski definition) is 1. The van der Waals surface area contributed by atoms with Crippen LogP contribution in [-0.4, -0.2) is 50.7 Å². The van der Waals surface area contributed by atoms with Gasteiger partial charge in [-0.15, -0.1) is 0 Å². The molecular formula is C25H38N4OS. The van der Waals surface area contributed by atoms with E-state index in [1.165, 1.54) is 12.0 Å². The maximum atomic E-state index is 12.5. The summed E-state index contributed by atoms with van der Waals surface area (Å²) in [7, 11) is 0. The Morgan fingerprint density at radius 2 is 1.94 bits per heavy atom.